The molecular formula is C24H25O2Si. The van der Waals surface area contributed by atoms with Crippen LogP contribution in [0.3, 0.4) is 0 Å². The third kappa shape index (κ3) is 3.38. The fourth-order valence-corrected chi connectivity index (χ4v) is 5.59. The van der Waals surface area contributed by atoms with Crippen molar-refractivity contribution >= 4 is 46.8 Å². The van der Waals surface area contributed by atoms with Gasteiger partial charge < -0.3 is 8.85 Å². The Hall–Kier alpha value is -2.20. The van der Waals surface area contributed by atoms with Gasteiger partial charge in [-0.15, -0.1) is 0 Å². The molecule has 3 heteroatoms. The second-order valence-corrected chi connectivity index (χ2v) is 8.49. The first-order valence-corrected chi connectivity index (χ1v) is 11.1. The van der Waals surface area contributed by atoms with Crippen molar-refractivity contribution in [1.82, 2.24) is 0 Å². The molecule has 0 unspecified atom stereocenters. The second kappa shape index (κ2) is 8.22. The van der Waals surface area contributed by atoms with Crippen LogP contribution in [0.4, 0.5) is 0 Å². The van der Waals surface area contributed by atoms with Gasteiger partial charge in [0.25, 0.3) is 0 Å². The van der Waals surface area contributed by atoms with Crippen molar-refractivity contribution in [2.45, 2.75) is 26.7 Å². The van der Waals surface area contributed by atoms with E-state index in [0.717, 1.165) is 26.1 Å². The molecule has 0 N–H and O–H groups in total. The lowest BCUT2D eigenvalue weighted by Crippen LogP contribution is -2.38. The van der Waals surface area contributed by atoms with E-state index in [1.807, 2.05) is 0 Å². The van der Waals surface area contributed by atoms with E-state index in [4.69, 9.17) is 8.85 Å². The Balaban J connectivity index is 2.04. The first kappa shape index (κ1) is 18.2. The molecule has 0 fully saturated rings. The van der Waals surface area contributed by atoms with E-state index in [9.17, 15) is 0 Å². The van der Waals surface area contributed by atoms with Crippen LogP contribution in [0.15, 0.2) is 66.7 Å². The number of fused-ring (bicyclic) bond motifs is 6. The quantitative estimate of drug-likeness (QED) is 0.306. The molecule has 0 atom stereocenters. The summed E-state index contributed by atoms with van der Waals surface area (Å²) in [5.74, 6) is 0. The van der Waals surface area contributed by atoms with Crippen molar-refractivity contribution in [2.24, 2.45) is 0 Å². The minimum Gasteiger partial charge on any atom is -0.390 e. The van der Waals surface area contributed by atoms with Gasteiger partial charge in [-0.2, -0.15) is 0 Å². The Morgan fingerprint density at radius 2 is 1.04 bits per heavy atom. The molecule has 0 heterocycles. The number of hydrogen-bond acceptors (Lipinski definition) is 2. The van der Waals surface area contributed by atoms with E-state index in [1.165, 1.54) is 37.5 Å². The van der Waals surface area contributed by atoms with Crippen molar-refractivity contribution in [3.05, 3.63) is 66.7 Å². The lowest BCUT2D eigenvalue weighted by atomic mass is 9.94. The minimum absolute atomic E-state index is 0.736. The highest BCUT2D eigenvalue weighted by atomic mass is 28.3. The van der Waals surface area contributed by atoms with Gasteiger partial charge in [-0.3, -0.25) is 0 Å². The molecule has 4 aromatic rings. The van der Waals surface area contributed by atoms with Crippen LogP contribution < -0.4 is 5.19 Å². The highest BCUT2D eigenvalue weighted by Gasteiger charge is 2.23. The van der Waals surface area contributed by atoms with Gasteiger partial charge in [0.15, 0.2) is 0 Å². The Bertz CT molecular complexity index is 1020. The van der Waals surface area contributed by atoms with Crippen molar-refractivity contribution in [2.75, 3.05) is 13.2 Å². The Morgan fingerprint density at radius 3 is 1.56 bits per heavy atom. The molecule has 27 heavy (non-hydrogen) atoms. The summed E-state index contributed by atoms with van der Waals surface area (Å²) in [7, 11) is -1.53. The molecule has 0 aliphatic carbocycles. The monoisotopic (exact) mass is 373 g/mol. The molecule has 0 saturated carbocycles. The van der Waals surface area contributed by atoms with Crippen molar-refractivity contribution in [3.63, 3.8) is 0 Å². The molecule has 0 aliphatic heterocycles. The van der Waals surface area contributed by atoms with E-state index < -0.39 is 9.28 Å². The van der Waals surface area contributed by atoms with Crippen LogP contribution in [0.25, 0.3) is 32.3 Å². The summed E-state index contributed by atoms with van der Waals surface area (Å²) in [6.07, 6.45) is 2.00. The van der Waals surface area contributed by atoms with Crippen LogP contribution in [0.2, 0.25) is 0 Å². The zero-order valence-corrected chi connectivity index (χ0v) is 17.0. The predicted octanol–water partition coefficient (Wildman–Crippen LogP) is 5.69. The van der Waals surface area contributed by atoms with E-state index >= 15 is 0 Å². The van der Waals surface area contributed by atoms with Gasteiger partial charge in [0.05, 0.1) is 0 Å². The Kier molecular flexibility index (Phi) is 5.53. The molecule has 1 radical (unpaired) electrons. The zero-order valence-electron chi connectivity index (χ0n) is 16.0. The molecule has 0 aliphatic rings. The number of benzene rings is 4. The van der Waals surface area contributed by atoms with E-state index in [1.54, 1.807) is 0 Å². The van der Waals surface area contributed by atoms with Gasteiger partial charge in [0.1, 0.15) is 0 Å². The van der Waals surface area contributed by atoms with E-state index in [-0.39, 0.29) is 0 Å². The molecule has 0 amide bonds. The summed E-state index contributed by atoms with van der Waals surface area (Å²) >= 11 is 0. The molecule has 0 spiro atoms. The van der Waals surface area contributed by atoms with Gasteiger partial charge >= 0.3 is 9.28 Å². The largest absolute Gasteiger partial charge is 0.424 e. The van der Waals surface area contributed by atoms with Crippen LogP contribution in [-0.2, 0) is 8.85 Å². The summed E-state index contributed by atoms with van der Waals surface area (Å²) in [6.45, 7) is 5.76. The van der Waals surface area contributed by atoms with Crippen molar-refractivity contribution in [3.8, 4) is 0 Å². The fraction of sp³-hybridized carbons (Fsp3) is 0.250. The van der Waals surface area contributed by atoms with Crippen molar-refractivity contribution < 1.29 is 8.85 Å². The van der Waals surface area contributed by atoms with Crippen molar-refractivity contribution in [1.29, 1.82) is 0 Å². The lowest BCUT2D eigenvalue weighted by Gasteiger charge is -2.19. The summed E-state index contributed by atoms with van der Waals surface area (Å²) in [5.41, 5.74) is 0. The van der Waals surface area contributed by atoms with E-state index in [0.29, 0.717) is 0 Å². The second-order valence-electron chi connectivity index (χ2n) is 6.80. The third-order valence-electron chi connectivity index (χ3n) is 4.86. The first-order chi connectivity index (χ1) is 13.3. The number of rotatable bonds is 7. The summed E-state index contributed by atoms with van der Waals surface area (Å²) in [4.78, 5) is 0. The van der Waals surface area contributed by atoms with Crippen LogP contribution in [0, 0.1) is 0 Å². The lowest BCUT2D eigenvalue weighted by molar-refractivity contribution is 0.208. The molecule has 137 valence electrons. The van der Waals surface area contributed by atoms with Gasteiger partial charge in [-0.25, -0.2) is 0 Å². The molecule has 0 aromatic heterocycles. The highest BCUT2D eigenvalue weighted by molar-refractivity contribution is 6.65. The minimum atomic E-state index is -1.53. The van der Waals surface area contributed by atoms with Gasteiger partial charge in [0, 0.05) is 18.4 Å². The Labute approximate surface area is 162 Å². The maximum Gasteiger partial charge on any atom is 0.424 e. The topological polar surface area (TPSA) is 18.5 Å². The van der Waals surface area contributed by atoms with Crippen LogP contribution in [0.1, 0.15) is 26.7 Å². The van der Waals surface area contributed by atoms with E-state index in [2.05, 4.69) is 80.6 Å². The van der Waals surface area contributed by atoms with Gasteiger partial charge in [0.2, 0.25) is 0 Å². The summed E-state index contributed by atoms with van der Waals surface area (Å²) in [5, 5.41) is 8.96. The molecule has 0 bridgehead atoms. The molecule has 4 rings (SSSR count). The summed E-state index contributed by atoms with van der Waals surface area (Å²) < 4.78 is 12.5. The standard InChI is InChI=1S/C24H25O2Si/c1-3-16-25-27(26-17-4-2)23-15-9-14-22-20-11-6-5-10-18(20)19-12-7-8-13-21(19)24(22)23/h5-15H,3-4,16-17H2,1-2H3. The van der Waals surface area contributed by atoms with Crippen LogP contribution in [-0.4, -0.2) is 22.5 Å². The molecular weight excluding hydrogens is 348 g/mol. The predicted molar refractivity (Wildman–Crippen MR) is 117 cm³/mol. The molecule has 4 aromatic carbocycles. The van der Waals surface area contributed by atoms with Crippen LogP contribution >= 0.6 is 0 Å². The van der Waals surface area contributed by atoms with Gasteiger partial charge in [-0.1, -0.05) is 80.6 Å². The SMILES string of the molecule is CCCO[Si](OCCC)c1cccc2c3ccccc3c3ccccc3c12. The average molecular weight is 374 g/mol. The van der Waals surface area contributed by atoms with Gasteiger partial charge in [-0.05, 0) is 45.2 Å². The first-order valence-electron chi connectivity index (χ1n) is 9.80. The smallest absolute Gasteiger partial charge is 0.390 e. The summed E-state index contributed by atoms with van der Waals surface area (Å²) in [6, 6.07) is 24.0. The zero-order chi connectivity index (χ0) is 18.6. The Morgan fingerprint density at radius 1 is 0.593 bits per heavy atom. The highest BCUT2D eigenvalue weighted by Crippen LogP contribution is 2.34. The normalized spacial score (nSPS) is 11.8. The third-order valence-corrected chi connectivity index (χ3v) is 6.65. The molecule has 0 saturated heterocycles. The average Bonchev–Trinajstić information content (AvgIpc) is 2.74. The number of hydrogen-bond donors (Lipinski definition) is 0. The molecule has 2 nitrogen and oxygen atoms in total. The maximum atomic E-state index is 6.23. The fourth-order valence-electron chi connectivity index (χ4n) is 3.71. The maximum absolute atomic E-state index is 6.23. The van der Waals surface area contributed by atoms with Crippen LogP contribution in [0.5, 0.6) is 0 Å².